The van der Waals surface area contributed by atoms with Gasteiger partial charge in [0.15, 0.2) is 0 Å². The number of aromatic nitrogens is 4. The molecule has 0 N–H and O–H groups in total. The maximum Gasteiger partial charge on any atom is 0.276 e. The monoisotopic (exact) mass is 400 g/mol. The van der Waals surface area contributed by atoms with Crippen LogP contribution in [-0.4, -0.2) is 33.2 Å². The van der Waals surface area contributed by atoms with Crippen LogP contribution in [0.4, 0.5) is 0 Å². The Balaban J connectivity index is 1.26. The van der Waals surface area contributed by atoms with Crippen molar-refractivity contribution in [2.24, 2.45) is 0 Å². The first kappa shape index (κ1) is 17.7. The molecular formula is C18H16N4O3S2. The van der Waals surface area contributed by atoms with Crippen molar-refractivity contribution in [1.82, 2.24) is 20.3 Å². The summed E-state index contributed by atoms with van der Waals surface area (Å²) < 4.78 is 16.1. The van der Waals surface area contributed by atoms with E-state index in [-0.39, 0.29) is 0 Å². The van der Waals surface area contributed by atoms with Crippen molar-refractivity contribution in [2.75, 3.05) is 12.9 Å². The molecule has 0 amide bonds. The molecule has 0 radical (unpaired) electrons. The van der Waals surface area contributed by atoms with Crippen molar-refractivity contribution in [3.8, 4) is 27.9 Å². The van der Waals surface area contributed by atoms with E-state index in [0.717, 1.165) is 28.4 Å². The summed E-state index contributed by atoms with van der Waals surface area (Å²) in [5.74, 6) is 3.40. The molecule has 138 valence electrons. The molecule has 0 aliphatic heterocycles. The van der Waals surface area contributed by atoms with Crippen LogP contribution in [0.15, 0.2) is 55.9 Å². The van der Waals surface area contributed by atoms with Crippen molar-refractivity contribution < 1.29 is 13.7 Å². The Morgan fingerprint density at radius 1 is 1.15 bits per heavy atom. The van der Waals surface area contributed by atoms with Gasteiger partial charge in [0, 0.05) is 17.7 Å². The van der Waals surface area contributed by atoms with E-state index in [9.17, 15) is 0 Å². The number of hydrogen-bond donors (Lipinski definition) is 0. The highest BCUT2D eigenvalue weighted by molar-refractivity contribution is 7.99. The second-order valence-electron chi connectivity index (χ2n) is 5.54. The van der Waals surface area contributed by atoms with Gasteiger partial charge in [0.05, 0.1) is 12.0 Å². The number of benzene rings is 1. The van der Waals surface area contributed by atoms with Crippen LogP contribution in [0.2, 0.25) is 0 Å². The third-order valence-corrected chi connectivity index (χ3v) is 5.48. The quantitative estimate of drug-likeness (QED) is 0.314. The van der Waals surface area contributed by atoms with E-state index >= 15 is 0 Å². The summed E-state index contributed by atoms with van der Waals surface area (Å²) in [7, 11) is 1.63. The Bertz CT molecular complexity index is 980. The predicted octanol–water partition coefficient (Wildman–Crippen LogP) is 4.58. The van der Waals surface area contributed by atoms with E-state index in [1.165, 1.54) is 11.8 Å². The predicted molar refractivity (Wildman–Crippen MR) is 103 cm³/mol. The third kappa shape index (κ3) is 4.37. The molecule has 0 atom stereocenters. The average molecular weight is 400 g/mol. The number of rotatable bonds is 8. The molecule has 4 rings (SSSR count). The lowest BCUT2D eigenvalue weighted by molar-refractivity contribution is 0.378. The molecule has 27 heavy (non-hydrogen) atoms. The zero-order valence-corrected chi connectivity index (χ0v) is 16.1. The average Bonchev–Trinajstić information content (AvgIpc) is 3.47. The molecule has 7 nitrogen and oxygen atoms in total. The van der Waals surface area contributed by atoms with Crippen LogP contribution in [0.1, 0.15) is 12.3 Å². The fourth-order valence-corrected chi connectivity index (χ4v) is 3.71. The smallest absolute Gasteiger partial charge is 0.276 e. The molecule has 0 saturated carbocycles. The zero-order chi connectivity index (χ0) is 18.5. The Kier molecular flexibility index (Phi) is 5.50. The van der Waals surface area contributed by atoms with Crippen LogP contribution in [-0.2, 0) is 6.42 Å². The molecule has 3 aromatic heterocycles. The van der Waals surface area contributed by atoms with Crippen molar-refractivity contribution in [3.63, 3.8) is 0 Å². The number of nitrogens with zero attached hydrogens (tertiary/aromatic N) is 4. The Hall–Kier alpha value is -2.65. The Morgan fingerprint density at radius 2 is 2.04 bits per heavy atom. The van der Waals surface area contributed by atoms with Gasteiger partial charge in [-0.05, 0) is 42.1 Å². The summed E-state index contributed by atoms with van der Waals surface area (Å²) in [6, 6.07) is 11.5. The van der Waals surface area contributed by atoms with Crippen LogP contribution in [0, 0.1) is 0 Å². The maximum absolute atomic E-state index is 5.70. The van der Waals surface area contributed by atoms with Crippen LogP contribution in [0.5, 0.6) is 5.75 Å². The zero-order valence-electron chi connectivity index (χ0n) is 14.5. The molecule has 3 heterocycles. The van der Waals surface area contributed by atoms with Crippen LogP contribution < -0.4 is 4.74 Å². The number of thiophene rings is 1. The van der Waals surface area contributed by atoms with Gasteiger partial charge in [-0.3, -0.25) is 0 Å². The third-order valence-electron chi connectivity index (χ3n) is 3.71. The maximum atomic E-state index is 5.70. The second-order valence-corrected chi connectivity index (χ2v) is 7.54. The van der Waals surface area contributed by atoms with Gasteiger partial charge >= 0.3 is 0 Å². The summed E-state index contributed by atoms with van der Waals surface area (Å²) in [6.45, 7) is 0. The summed E-state index contributed by atoms with van der Waals surface area (Å²) in [5.41, 5.74) is 0.863. The molecule has 9 heteroatoms. The van der Waals surface area contributed by atoms with Gasteiger partial charge in [-0.15, -0.1) is 21.5 Å². The Morgan fingerprint density at radius 3 is 2.81 bits per heavy atom. The van der Waals surface area contributed by atoms with Gasteiger partial charge in [-0.1, -0.05) is 23.0 Å². The molecule has 1 aromatic carbocycles. The van der Waals surface area contributed by atoms with Crippen LogP contribution in [0.25, 0.3) is 22.2 Å². The molecular weight excluding hydrogens is 384 g/mol. The van der Waals surface area contributed by atoms with Crippen LogP contribution >= 0.6 is 23.1 Å². The lowest BCUT2D eigenvalue weighted by Crippen LogP contribution is -1.88. The summed E-state index contributed by atoms with van der Waals surface area (Å²) in [6.07, 6.45) is 1.59. The van der Waals surface area contributed by atoms with Gasteiger partial charge in [-0.25, -0.2) is 0 Å². The molecule has 0 spiro atoms. The lowest BCUT2D eigenvalue weighted by atomic mass is 10.2. The number of thioether (sulfide) groups is 1. The van der Waals surface area contributed by atoms with Gasteiger partial charge in [0.1, 0.15) is 5.75 Å². The molecule has 0 unspecified atom stereocenters. The van der Waals surface area contributed by atoms with Gasteiger partial charge in [-0.2, -0.15) is 4.98 Å². The molecule has 0 bridgehead atoms. The molecule has 0 aliphatic rings. The van der Waals surface area contributed by atoms with E-state index in [2.05, 4.69) is 20.3 Å². The van der Waals surface area contributed by atoms with Gasteiger partial charge < -0.3 is 13.7 Å². The first-order chi connectivity index (χ1) is 13.3. The number of aryl methyl sites for hydroxylation is 1. The Labute approximate surface area is 163 Å². The molecule has 0 fully saturated rings. The summed E-state index contributed by atoms with van der Waals surface area (Å²) in [5, 5.41) is 14.7. The second kappa shape index (κ2) is 8.36. The summed E-state index contributed by atoms with van der Waals surface area (Å²) >= 11 is 3.11. The SMILES string of the molecule is COc1ccc(-c2nnc(SCCCc3nc(-c4cccs4)no3)o2)cc1. The van der Waals surface area contributed by atoms with Gasteiger partial charge in [0.25, 0.3) is 5.22 Å². The highest BCUT2D eigenvalue weighted by Gasteiger charge is 2.11. The highest BCUT2D eigenvalue weighted by Crippen LogP contribution is 2.26. The standard InChI is InChI=1S/C18H16N4O3S2/c1-23-13-8-6-12(7-9-13)17-20-21-18(24-17)27-11-3-5-15-19-16(22-25-15)14-4-2-10-26-14/h2,4,6-10H,3,5,11H2,1H3. The fourth-order valence-electron chi connectivity index (χ4n) is 2.36. The number of methoxy groups -OCH3 is 1. The minimum Gasteiger partial charge on any atom is -0.497 e. The lowest BCUT2D eigenvalue weighted by Gasteiger charge is -1.99. The van der Waals surface area contributed by atoms with Crippen LogP contribution in [0.3, 0.4) is 0 Å². The van der Waals surface area contributed by atoms with E-state index in [1.807, 2.05) is 41.8 Å². The van der Waals surface area contributed by atoms with E-state index < -0.39 is 0 Å². The molecule has 0 aliphatic carbocycles. The molecule has 4 aromatic rings. The van der Waals surface area contributed by atoms with E-state index in [4.69, 9.17) is 13.7 Å². The number of hydrogen-bond acceptors (Lipinski definition) is 9. The topological polar surface area (TPSA) is 87.1 Å². The highest BCUT2D eigenvalue weighted by atomic mass is 32.2. The van der Waals surface area contributed by atoms with E-state index in [1.54, 1.807) is 18.4 Å². The first-order valence-electron chi connectivity index (χ1n) is 8.29. The fraction of sp³-hybridized carbons (Fsp3) is 0.222. The summed E-state index contributed by atoms with van der Waals surface area (Å²) in [4.78, 5) is 5.43. The minimum atomic E-state index is 0.498. The normalized spacial score (nSPS) is 11.0. The minimum absolute atomic E-state index is 0.498. The van der Waals surface area contributed by atoms with Crippen molar-refractivity contribution in [2.45, 2.75) is 18.1 Å². The van der Waals surface area contributed by atoms with Crippen molar-refractivity contribution in [1.29, 1.82) is 0 Å². The largest absolute Gasteiger partial charge is 0.497 e. The van der Waals surface area contributed by atoms with E-state index in [0.29, 0.717) is 29.2 Å². The first-order valence-corrected chi connectivity index (χ1v) is 10.2. The van der Waals surface area contributed by atoms with Gasteiger partial charge in [0.2, 0.25) is 17.6 Å². The number of ether oxygens (including phenoxy) is 1. The molecule has 0 saturated heterocycles. The van der Waals surface area contributed by atoms with Crippen molar-refractivity contribution in [3.05, 3.63) is 47.7 Å². The van der Waals surface area contributed by atoms with Crippen molar-refractivity contribution >= 4 is 23.1 Å².